The van der Waals surface area contributed by atoms with Crippen LogP contribution in [0.25, 0.3) is 0 Å². The molecule has 0 bridgehead atoms. The number of anilines is 4. The SMILES string of the molecule is CCc1nc(Nc2cc(C(=O)Nc3ccccc3)ccn2)nc(N2CCN(CCN3CCOCC3)CC2)n1. The summed E-state index contributed by atoms with van der Waals surface area (Å²) >= 11 is 0. The first-order valence-corrected chi connectivity index (χ1v) is 13.3. The molecule has 0 unspecified atom stereocenters. The van der Waals surface area contributed by atoms with Crippen molar-refractivity contribution < 1.29 is 9.53 Å². The van der Waals surface area contributed by atoms with Gasteiger partial charge in [0.25, 0.3) is 5.91 Å². The highest BCUT2D eigenvalue weighted by Gasteiger charge is 2.21. The molecule has 4 heterocycles. The molecule has 1 amide bonds. The van der Waals surface area contributed by atoms with Crippen LogP contribution in [0.4, 0.5) is 23.4 Å². The minimum absolute atomic E-state index is 0.210. The van der Waals surface area contributed by atoms with Crippen molar-refractivity contribution in [1.29, 1.82) is 0 Å². The van der Waals surface area contributed by atoms with E-state index in [0.29, 0.717) is 35.5 Å². The summed E-state index contributed by atoms with van der Waals surface area (Å²) in [4.78, 5) is 38.2. The molecule has 1 aromatic carbocycles. The Morgan fingerprint density at radius 2 is 1.66 bits per heavy atom. The van der Waals surface area contributed by atoms with Gasteiger partial charge in [0.15, 0.2) is 0 Å². The monoisotopic (exact) mass is 517 g/mol. The summed E-state index contributed by atoms with van der Waals surface area (Å²) in [7, 11) is 0. The number of hydrogen-bond acceptors (Lipinski definition) is 10. The van der Waals surface area contributed by atoms with Gasteiger partial charge >= 0.3 is 0 Å². The molecule has 0 saturated carbocycles. The maximum Gasteiger partial charge on any atom is 0.255 e. The van der Waals surface area contributed by atoms with Crippen LogP contribution >= 0.6 is 0 Å². The van der Waals surface area contributed by atoms with E-state index in [9.17, 15) is 4.79 Å². The number of morpholine rings is 1. The Kier molecular flexibility index (Phi) is 8.69. The number of para-hydroxylation sites is 1. The average molecular weight is 518 g/mol. The lowest BCUT2D eigenvalue weighted by molar-refractivity contribution is 0.0331. The van der Waals surface area contributed by atoms with E-state index in [1.54, 1.807) is 18.3 Å². The number of ether oxygens (including phenoxy) is 1. The number of piperazine rings is 1. The third-order valence-corrected chi connectivity index (χ3v) is 6.77. The van der Waals surface area contributed by atoms with Crippen molar-refractivity contribution in [3.8, 4) is 0 Å². The molecular formula is C27H35N9O2. The van der Waals surface area contributed by atoms with Crippen LogP contribution in [0.3, 0.4) is 0 Å². The Morgan fingerprint density at radius 3 is 2.39 bits per heavy atom. The van der Waals surface area contributed by atoms with E-state index in [1.807, 2.05) is 37.3 Å². The Hall–Kier alpha value is -3.67. The van der Waals surface area contributed by atoms with Crippen molar-refractivity contribution in [2.24, 2.45) is 0 Å². The molecule has 2 saturated heterocycles. The fourth-order valence-corrected chi connectivity index (χ4v) is 4.52. The van der Waals surface area contributed by atoms with Crippen LogP contribution in [0.15, 0.2) is 48.7 Å². The first-order chi connectivity index (χ1) is 18.7. The second kappa shape index (κ2) is 12.7. The largest absolute Gasteiger partial charge is 0.379 e. The minimum atomic E-state index is -0.210. The number of carbonyl (C=O) groups is 1. The van der Waals surface area contributed by atoms with Gasteiger partial charge in [-0.1, -0.05) is 25.1 Å². The molecule has 38 heavy (non-hydrogen) atoms. The van der Waals surface area contributed by atoms with Crippen LogP contribution in [0.5, 0.6) is 0 Å². The van der Waals surface area contributed by atoms with Crippen molar-refractivity contribution in [3.05, 3.63) is 60.0 Å². The molecule has 11 nitrogen and oxygen atoms in total. The minimum Gasteiger partial charge on any atom is -0.379 e. The van der Waals surface area contributed by atoms with Gasteiger partial charge < -0.3 is 20.3 Å². The van der Waals surface area contributed by atoms with Gasteiger partial charge in [-0.3, -0.25) is 14.6 Å². The van der Waals surface area contributed by atoms with Crippen LogP contribution in [0, 0.1) is 0 Å². The molecule has 2 fully saturated rings. The normalized spacial score (nSPS) is 16.8. The first kappa shape index (κ1) is 26.0. The van der Waals surface area contributed by atoms with Crippen molar-refractivity contribution in [2.45, 2.75) is 13.3 Å². The highest BCUT2D eigenvalue weighted by Crippen LogP contribution is 2.18. The number of carbonyl (C=O) groups excluding carboxylic acids is 1. The Bertz CT molecular complexity index is 1200. The highest BCUT2D eigenvalue weighted by molar-refractivity contribution is 6.04. The Labute approximate surface area is 223 Å². The summed E-state index contributed by atoms with van der Waals surface area (Å²) in [6.07, 6.45) is 2.29. The van der Waals surface area contributed by atoms with Crippen LogP contribution in [-0.4, -0.2) is 101 Å². The van der Waals surface area contributed by atoms with E-state index >= 15 is 0 Å². The van der Waals surface area contributed by atoms with E-state index in [4.69, 9.17) is 14.7 Å². The number of rotatable bonds is 9. The maximum atomic E-state index is 12.7. The summed E-state index contributed by atoms with van der Waals surface area (Å²) in [6, 6.07) is 12.7. The van der Waals surface area contributed by atoms with Gasteiger partial charge in [0.2, 0.25) is 11.9 Å². The first-order valence-electron chi connectivity index (χ1n) is 13.3. The third kappa shape index (κ3) is 7.00. The van der Waals surface area contributed by atoms with Gasteiger partial charge in [-0.15, -0.1) is 0 Å². The molecule has 2 aromatic heterocycles. The number of aromatic nitrogens is 4. The van der Waals surface area contributed by atoms with Crippen molar-refractivity contribution >= 4 is 29.3 Å². The van der Waals surface area contributed by atoms with Gasteiger partial charge in [0.05, 0.1) is 13.2 Å². The number of nitrogens with zero attached hydrogens (tertiary/aromatic N) is 7. The molecule has 5 rings (SSSR count). The molecule has 2 aliphatic rings. The van der Waals surface area contributed by atoms with Crippen molar-refractivity contribution in [2.75, 3.05) is 81.1 Å². The lowest BCUT2D eigenvalue weighted by Crippen LogP contribution is -2.50. The molecule has 2 aliphatic heterocycles. The molecule has 11 heteroatoms. The fraction of sp³-hybridized carbons (Fsp3) is 0.444. The number of benzene rings is 1. The lowest BCUT2D eigenvalue weighted by atomic mass is 10.2. The fourth-order valence-electron chi connectivity index (χ4n) is 4.52. The zero-order valence-corrected chi connectivity index (χ0v) is 21.8. The second-order valence-electron chi connectivity index (χ2n) is 9.39. The summed E-state index contributed by atoms with van der Waals surface area (Å²) in [5, 5.41) is 6.07. The van der Waals surface area contributed by atoms with Crippen molar-refractivity contribution in [1.82, 2.24) is 29.7 Å². The quantitative estimate of drug-likeness (QED) is 0.438. The lowest BCUT2D eigenvalue weighted by Gasteiger charge is -2.36. The second-order valence-corrected chi connectivity index (χ2v) is 9.39. The number of amides is 1. The van der Waals surface area contributed by atoms with Crippen LogP contribution in [0.1, 0.15) is 23.1 Å². The third-order valence-electron chi connectivity index (χ3n) is 6.77. The zero-order chi connectivity index (χ0) is 26.2. The molecule has 0 spiro atoms. The standard InChI is InChI=1S/C27H35N9O2/c1-2-23-30-26(31-24-20-21(8-9-28-24)25(37)29-22-6-4-3-5-7-22)33-27(32-23)36-14-12-34(13-15-36)10-11-35-16-18-38-19-17-35/h3-9,20H,2,10-19H2,1H3,(H,29,37)(H,28,30,31,32,33). The van der Waals surface area contributed by atoms with E-state index in [0.717, 1.165) is 71.3 Å². The van der Waals surface area contributed by atoms with Gasteiger partial charge in [-0.2, -0.15) is 15.0 Å². The predicted molar refractivity (Wildman–Crippen MR) is 147 cm³/mol. The van der Waals surface area contributed by atoms with E-state index in [-0.39, 0.29) is 5.91 Å². The Morgan fingerprint density at radius 1 is 0.921 bits per heavy atom. The zero-order valence-electron chi connectivity index (χ0n) is 21.8. The molecule has 200 valence electrons. The number of hydrogen-bond donors (Lipinski definition) is 2. The van der Waals surface area contributed by atoms with E-state index in [1.165, 1.54) is 0 Å². The van der Waals surface area contributed by atoms with Crippen LogP contribution in [-0.2, 0) is 11.2 Å². The van der Waals surface area contributed by atoms with Gasteiger partial charge in [-0.05, 0) is 24.3 Å². The molecule has 2 N–H and O–H groups in total. The van der Waals surface area contributed by atoms with Gasteiger partial charge in [-0.25, -0.2) is 4.98 Å². The topological polar surface area (TPSA) is 112 Å². The summed E-state index contributed by atoms with van der Waals surface area (Å²) in [5.41, 5.74) is 1.23. The average Bonchev–Trinajstić information content (AvgIpc) is 2.97. The van der Waals surface area contributed by atoms with Crippen LogP contribution in [0.2, 0.25) is 0 Å². The predicted octanol–water partition coefficient (Wildman–Crippen LogP) is 2.28. The number of pyridine rings is 1. The summed E-state index contributed by atoms with van der Waals surface area (Å²) in [6.45, 7) is 11.6. The van der Waals surface area contributed by atoms with E-state index < -0.39 is 0 Å². The molecule has 0 radical (unpaired) electrons. The van der Waals surface area contributed by atoms with Crippen molar-refractivity contribution in [3.63, 3.8) is 0 Å². The van der Waals surface area contributed by atoms with E-state index in [2.05, 4.69) is 35.3 Å². The molecular weight excluding hydrogens is 482 g/mol. The highest BCUT2D eigenvalue weighted by atomic mass is 16.5. The molecule has 0 aliphatic carbocycles. The molecule has 3 aromatic rings. The number of aryl methyl sites for hydroxylation is 1. The number of nitrogens with one attached hydrogen (secondary N) is 2. The molecule has 0 atom stereocenters. The van der Waals surface area contributed by atoms with Gasteiger partial charge in [0, 0.05) is 76.2 Å². The van der Waals surface area contributed by atoms with Crippen LogP contribution < -0.4 is 15.5 Å². The summed E-state index contributed by atoms with van der Waals surface area (Å²) < 4.78 is 5.45. The summed E-state index contributed by atoms with van der Waals surface area (Å²) in [5.74, 6) is 2.10. The smallest absolute Gasteiger partial charge is 0.255 e. The Balaban J connectivity index is 1.20. The maximum absolute atomic E-state index is 12.7. The van der Waals surface area contributed by atoms with Gasteiger partial charge in [0.1, 0.15) is 11.6 Å².